The molecule has 3 aromatic carbocycles. The molecule has 6 heteroatoms. The van der Waals surface area contributed by atoms with Gasteiger partial charge in [-0.2, -0.15) is 0 Å². The minimum absolute atomic E-state index is 0.0184. The number of aliphatic hydroxyl groups is 1. The van der Waals surface area contributed by atoms with E-state index < -0.39 is 23.5 Å². The van der Waals surface area contributed by atoms with Gasteiger partial charge in [-0.3, -0.25) is 14.5 Å². The predicted molar refractivity (Wildman–Crippen MR) is 142 cm³/mol. The van der Waals surface area contributed by atoms with Crippen molar-refractivity contribution in [1.29, 1.82) is 0 Å². The van der Waals surface area contributed by atoms with Crippen molar-refractivity contribution < 1.29 is 19.1 Å². The Morgan fingerprint density at radius 1 is 0.917 bits per heavy atom. The number of benzene rings is 3. The highest BCUT2D eigenvalue weighted by molar-refractivity contribution is 6.51. The van der Waals surface area contributed by atoms with Gasteiger partial charge in [0, 0.05) is 30.0 Å². The third-order valence-electron chi connectivity index (χ3n) is 6.74. The van der Waals surface area contributed by atoms with Crippen LogP contribution in [0, 0.1) is 5.82 Å². The Morgan fingerprint density at radius 2 is 1.50 bits per heavy atom. The Kier molecular flexibility index (Phi) is 7.25. The molecule has 1 N–H and O–H groups in total. The number of amides is 1. The van der Waals surface area contributed by atoms with Gasteiger partial charge >= 0.3 is 0 Å². The lowest BCUT2D eigenvalue weighted by molar-refractivity contribution is -0.132. The van der Waals surface area contributed by atoms with Crippen LogP contribution in [0.15, 0.2) is 78.4 Å². The van der Waals surface area contributed by atoms with Crippen molar-refractivity contribution in [2.24, 2.45) is 0 Å². The molecular weight excluding hydrogens is 455 g/mol. The van der Waals surface area contributed by atoms with Crippen LogP contribution in [-0.4, -0.2) is 29.9 Å². The minimum Gasteiger partial charge on any atom is -0.507 e. The van der Waals surface area contributed by atoms with Crippen LogP contribution in [0.2, 0.25) is 0 Å². The lowest BCUT2D eigenvalue weighted by Crippen LogP contribution is -2.29. The number of Topliss-reactive ketones (excluding diaryl/α,β-unsaturated/α-hetero) is 1. The molecule has 1 aliphatic rings. The molecule has 1 amide bonds. The molecule has 1 fully saturated rings. The molecule has 1 atom stereocenters. The molecule has 1 heterocycles. The highest BCUT2D eigenvalue weighted by Crippen LogP contribution is 2.42. The van der Waals surface area contributed by atoms with Gasteiger partial charge in [0.05, 0.1) is 11.6 Å². The monoisotopic (exact) mass is 486 g/mol. The average molecular weight is 487 g/mol. The van der Waals surface area contributed by atoms with Crippen molar-refractivity contribution in [3.05, 3.63) is 101 Å². The van der Waals surface area contributed by atoms with Crippen LogP contribution in [0.1, 0.15) is 56.3 Å². The summed E-state index contributed by atoms with van der Waals surface area (Å²) in [7, 11) is 0. The average Bonchev–Trinajstić information content (AvgIpc) is 3.15. The topological polar surface area (TPSA) is 60.9 Å². The van der Waals surface area contributed by atoms with Crippen LogP contribution in [-0.2, 0) is 9.59 Å². The quantitative estimate of drug-likeness (QED) is 0.238. The Hall–Kier alpha value is -3.93. The summed E-state index contributed by atoms with van der Waals surface area (Å²) in [6.45, 7) is 10.0. The summed E-state index contributed by atoms with van der Waals surface area (Å²) < 4.78 is 13.5. The first kappa shape index (κ1) is 25.2. The molecule has 0 aromatic heterocycles. The van der Waals surface area contributed by atoms with E-state index in [0.29, 0.717) is 17.2 Å². The van der Waals surface area contributed by atoms with E-state index in [4.69, 9.17) is 0 Å². The second-order valence-corrected chi connectivity index (χ2v) is 9.19. The standard InChI is InChI=1S/C30H31FN2O3/c1-5-32(6-2)24-15-11-21(12-16-24)27-26(28(34)22-7-13-23(31)14-8-22)29(35)30(36)33(27)25-17-9-20(10-18-25)19(3)4/h7-19,27,34H,5-6H2,1-4H3/b28-26-. The number of ketones is 1. The summed E-state index contributed by atoms with van der Waals surface area (Å²) >= 11 is 0. The zero-order chi connectivity index (χ0) is 26.0. The Balaban J connectivity index is 1.87. The van der Waals surface area contributed by atoms with E-state index >= 15 is 0 Å². The number of aliphatic hydroxyl groups excluding tert-OH is 1. The lowest BCUT2D eigenvalue weighted by atomic mass is 9.94. The van der Waals surface area contributed by atoms with E-state index in [1.807, 2.05) is 48.5 Å². The van der Waals surface area contributed by atoms with Crippen LogP contribution in [0.25, 0.3) is 5.76 Å². The number of carbonyl (C=O) groups is 2. The number of anilines is 2. The largest absolute Gasteiger partial charge is 0.507 e. The molecule has 186 valence electrons. The second-order valence-electron chi connectivity index (χ2n) is 9.19. The van der Waals surface area contributed by atoms with Crippen LogP contribution in [0.4, 0.5) is 15.8 Å². The number of nitrogens with zero attached hydrogens (tertiary/aromatic N) is 2. The van der Waals surface area contributed by atoms with Crippen molar-refractivity contribution in [1.82, 2.24) is 0 Å². The van der Waals surface area contributed by atoms with Crippen molar-refractivity contribution >= 4 is 28.8 Å². The smallest absolute Gasteiger partial charge is 0.300 e. The third kappa shape index (κ3) is 4.63. The molecule has 0 radical (unpaired) electrons. The zero-order valence-corrected chi connectivity index (χ0v) is 21.0. The molecule has 4 rings (SSSR count). The molecule has 36 heavy (non-hydrogen) atoms. The van der Waals surface area contributed by atoms with E-state index in [1.54, 1.807) is 0 Å². The maximum Gasteiger partial charge on any atom is 0.300 e. The molecule has 0 spiro atoms. The van der Waals surface area contributed by atoms with Crippen LogP contribution in [0.3, 0.4) is 0 Å². The van der Waals surface area contributed by atoms with E-state index in [1.165, 1.54) is 29.2 Å². The molecule has 5 nitrogen and oxygen atoms in total. The molecule has 3 aromatic rings. The van der Waals surface area contributed by atoms with Crippen LogP contribution in [0.5, 0.6) is 0 Å². The maximum absolute atomic E-state index is 13.5. The van der Waals surface area contributed by atoms with Gasteiger partial charge in [-0.05, 0) is 79.4 Å². The first-order valence-corrected chi connectivity index (χ1v) is 12.3. The van der Waals surface area contributed by atoms with Crippen molar-refractivity contribution in [2.45, 2.75) is 39.7 Å². The van der Waals surface area contributed by atoms with E-state index in [2.05, 4.69) is 32.6 Å². The molecule has 1 aliphatic heterocycles. The zero-order valence-electron chi connectivity index (χ0n) is 21.0. The summed E-state index contributed by atoms with van der Waals surface area (Å²) in [6.07, 6.45) is 0. The Bertz CT molecular complexity index is 1280. The molecule has 0 aliphatic carbocycles. The number of hydrogen-bond donors (Lipinski definition) is 1. The number of hydrogen-bond acceptors (Lipinski definition) is 4. The van der Waals surface area contributed by atoms with Gasteiger partial charge < -0.3 is 10.0 Å². The van der Waals surface area contributed by atoms with Crippen molar-refractivity contribution in [3.8, 4) is 0 Å². The second kappa shape index (κ2) is 10.4. The van der Waals surface area contributed by atoms with Gasteiger partial charge in [0.25, 0.3) is 11.7 Å². The van der Waals surface area contributed by atoms with Gasteiger partial charge in [-0.1, -0.05) is 38.1 Å². The van der Waals surface area contributed by atoms with Crippen molar-refractivity contribution in [2.75, 3.05) is 22.9 Å². The first-order valence-electron chi connectivity index (χ1n) is 12.3. The third-order valence-corrected chi connectivity index (χ3v) is 6.74. The van der Waals surface area contributed by atoms with Gasteiger partial charge in [-0.15, -0.1) is 0 Å². The summed E-state index contributed by atoms with van der Waals surface area (Å²) in [5.41, 5.74) is 3.66. The fraction of sp³-hybridized carbons (Fsp3) is 0.267. The summed E-state index contributed by atoms with van der Waals surface area (Å²) in [6, 6.07) is 19.6. The first-order chi connectivity index (χ1) is 17.3. The molecule has 0 bridgehead atoms. The molecule has 1 saturated heterocycles. The Labute approximate surface area is 211 Å². The Morgan fingerprint density at radius 3 is 2.03 bits per heavy atom. The number of rotatable bonds is 7. The molecule has 0 saturated carbocycles. The van der Waals surface area contributed by atoms with Crippen molar-refractivity contribution in [3.63, 3.8) is 0 Å². The predicted octanol–water partition coefficient (Wildman–Crippen LogP) is 6.42. The van der Waals surface area contributed by atoms with Crippen LogP contribution >= 0.6 is 0 Å². The summed E-state index contributed by atoms with van der Waals surface area (Å²) in [5, 5.41) is 11.2. The van der Waals surface area contributed by atoms with Gasteiger partial charge in [0.2, 0.25) is 0 Å². The van der Waals surface area contributed by atoms with E-state index in [0.717, 1.165) is 24.3 Å². The lowest BCUT2D eigenvalue weighted by Gasteiger charge is -2.27. The number of halogens is 1. The minimum atomic E-state index is -0.828. The SMILES string of the molecule is CCN(CC)c1ccc(C2/C(=C(/O)c3ccc(F)cc3)C(=O)C(=O)N2c2ccc(C(C)C)cc2)cc1. The maximum atomic E-state index is 13.5. The van der Waals surface area contributed by atoms with Gasteiger partial charge in [0.15, 0.2) is 0 Å². The normalized spacial score (nSPS) is 17.2. The summed E-state index contributed by atoms with van der Waals surface area (Å²) in [5.74, 6) is -1.96. The fourth-order valence-electron chi connectivity index (χ4n) is 4.65. The van der Waals surface area contributed by atoms with E-state index in [-0.39, 0.29) is 16.9 Å². The van der Waals surface area contributed by atoms with Gasteiger partial charge in [-0.25, -0.2) is 4.39 Å². The summed E-state index contributed by atoms with van der Waals surface area (Å²) in [4.78, 5) is 30.3. The molecule has 1 unspecified atom stereocenters. The van der Waals surface area contributed by atoms with Gasteiger partial charge in [0.1, 0.15) is 11.6 Å². The highest BCUT2D eigenvalue weighted by atomic mass is 19.1. The van der Waals surface area contributed by atoms with E-state index in [9.17, 15) is 19.1 Å². The molecular formula is C30H31FN2O3. The number of carbonyl (C=O) groups excluding carboxylic acids is 2. The highest BCUT2D eigenvalue weighted by Gasteiger charge is 2.47. The fourth-order valence-corrected chi connectivity index (χ4v) is 4.65. The van der Waals surface area contributed by atoms with Crippen LogP contribution < -0.4 is 9.80 Å².